The molecule has 0 amide bonds. The largest absolute Gasteiger partial charge is 0.298 e. The third-order valence-electron chi connectivity index (χ3n) is 3.45. The average Bonchev–Trinajstić information content (AvgIpc) is 2.64. The summed E-state index contributed by atoms with van der Waals surface area (Å²) in [6.07, 6.45) is 2.81. The summed E-state index contributed by atoms with van der Waals surface area (Å²) in [4.78, 5) is 12.3. The molecule has 1 fully saturated rings. The van der Waals surface area contributed by atoms with Crippen LogP contribution in [0.2, 0.25) is 0 Å². The Morgan fingerprint density at radius 3 is 2.47 bits per heavy atom. The molecular formula is C15H20OS. The zero-order valence-corrected chi connectivity index (χ0v) is 11.7. The molecule has 0 aliphatic carbocycles. The topological polar surface area (TPSA) is 17.1 Å². The van der Waals surface area contributed by atoms with Gasteiger partial charge in [-0.2, -0.15) is 0 Å². The molecule has 0 spiro atoms. The van der Waals surface area contributed by atoms with Crippen LogP contribution in [0.3, 0.4) is 0 Å². The highest BCUT2D eigenvalue weighted by Crippen LogP contribution is 2.39. The van der Waals surface area contributed by atoms with Crippen molar-refractivity contribution in [2.75, 3.05) is 5.75 Å². The molecule has 1 aromatic carbocycles. The summed E-state index contributed by atoms with van der Waals surface area (Å²) in [6.45, 7) is 6.29. The quantitative estimate of drug-likeness (QED) is 0.811. The third-order valence-corrected chi connectivity index (χ3v) is 5.02. The minimum Gasteiger partial charge on any atom is -0.298 e. The van der Waals surface area contributed by atoms with E-state index in [1.807, 2.05) is 11.8 Å². The van der Waals surface area contributed by atoms with E-state index in [0.29, 0.717) is 12.2 Å². The number of carbonyl (C=O) groups is 1. The molecule has 2 heteroatoms. The van der Waals surface area contributed by atoms with Gasteiger partial charge in [0.1, 0.15) is 0 Å². The summed E-state index contributed by atoms with van der Waals surface area (Å²) in [7, 11) is 0. The minimum atomic E-state index is -0.127. The Labute approximate surface area is 108 Å². The first-order chi connectivity index (χ1) is 7.99. The van der Waals surface area contributed by atoms with E-state index in [1.54, 1.807) is 0 Å². The monoisotopic (exact) mass is 248 g/mol. The van der Waals surface area contributed by atoms with Crippen LogP contribution < -0.4 is 0 Å². The molecule has 0 saturated carbocycles. The second kappa shape index (κ2) is 4.85. The zero-order valence-electron chi connectivity index (χ0n) is 10.9. The first kappa shape index (κ1) is 12.7. The number of aryl methyl sites for hydroxylation is 2. The fourth-order valence-electron chi connectivity index (χ4n) is 2.54. The molecule has 2 rings (SSSR count). The molecule has 0 bridgehead atoms. The van der Waals surface area contributed by atoms with Gasteiger partial charge in [-0.3, -0.25) is 4.79 Å². The Morgan fingerprint density at radius 1 is 1.29 bits per heavy atom. The lowest BCUT2D eigenvalue weighted by molar-refractivity contribution is -0.120. The molecular weight excluding hydrogens is 228 g/mol. The lowest BCUT2D eigenvalue weighted by Crippen LogP contribution is -2.30. The van der Waals surface area contributed by atoms with Crippen molar-refractivity contribution in [2.45, 2.75) is 44.8 Å². The van der Waals surface area contributed by atoms with Gasteiger partial charge in [0.15, 0.2) is 5.78 Å². The molecule has 0 radical (unpaired) electrons. The van der Waals surface area contributed by atoms with E-state index >= 15 is 0 Å². The second-order valence-electron chi connectivity index (χ2n) is 5.28. The molecule has 1 aliphatic heterocycles. The lowest BCUT2D eigenvalue weighted by atomic mass is 9.94. The van der Waals surface area contributed by atoms with Crippen LogP contribution in [0.1, 0.15) is 36.5 Å². The van der Waals surface area contributed by atoms with Crippen molar-refractivity contribution in [3.05, 3.63) is 34.9 Å². The number of ketones is 1. The van der Waals surface area contributed by atoms with Crippen molar-refractivity contribution in [2.24, 2.45) is 0 Å². The van der Waals surface area contributed by atoms with E-state index in [9.17, 15) is 4.79 Å². The van der Waals surface area contributed by atoms with Crippen molar-refractivity contribution >= 4 is 17.5 Å². The Hall–Kier alpha value is -0.760. The van der Waals surface area contributed by atoms with Gasteiger partial charge in [-0.05, 0) is 44.9 Å². The molecule has 1 saturated heterocycles. The van der Waals surface area contributed by atoms with Crippen molar-refractivity contribution in [3.63, 3.8) is 0 Å². The first-order valence-corrected chi connectivity index (χ1v) is 7.23. The predicted octanol–water partition coefficient (Wildman–Crippen LogP) is 3.70. The highest BCUT2D eigenvalue weighted by Gasteiger charge is 2.36. The van der Waals surface area contributed by atoms with Crippen LogP contribution in [0.15, 0.2) is 18.2 Å². The van der Waals surface area contributed by atoms with Gasteiger partial charge in [0, 0.05) is 6.42 Å². The van der Waals surface area contributed by atoms with E-state index < -0.39 is 0 Å². The van der Waals surface area contributed by atoms with Crippen LogP contribution in [0.25, 0.3) is 0 Å². The van der Waals surface area contributed by atoms with Gasteiger partial charge in [0.25, 0.3) is 0 Å². The highest BCUT2D eigenvalue weighted by atomic mass is 32.2. The van der Waals surface area contributed by atoms with Gasteiger partial charge in [-0.15, -0.1) is 11.8 Å². The Balaban J connectivity index is 2.12. The van der Waals surface area contributed by atoms with E-state index in [0.717, 1.165) is 12.2 Å². The van der Waals surface area contributed by atoms with Crippen molar-refractivity contribution in [3.8, 4) is 0 Å². The molecule has 1 atom stereocenters. The van der Waals surface area contributed by atoms with Crippen molar-refractivity contribution in [1.29, 1.82) is 0 Å². The van der Waals surface area contributed by atoms with Crippen LogP contribution in [0.5, 0.6) is 0 Å². The Morgan fingerprint density at radius 2 is 1.94 bits per heavy atom. The maximum Gasteiger partial charge on any atom is 0.152 e. The van der Waals surface area contributed by atoms with Crippen LogP contribution in [-0.4, -0.2) is 16.3 Å². The minimum absolute atomic E-state index is 0.127. The summed E-state index contributed by atoms with van der Waals surface area (Å²) in [5, 5.41) is 0. The summed E-state index contributed by atoms with van der Waals surface area (Å²) < 4.78 is -0.127. The number of hydrogen-bond donors (Lipinski definition) is 0. The second-order valence-corrected chi connectivity index (χ2v) is 6.88. The van der Waals surface area contributed by atoms with Crippen LogP contribution in [0, 0.1) is 13.8 Å². The normalized spacial score (nSPS) is 23.9. The SMILES string of the molecule is Cc1cc(C)cc(CC(=O)C2(C)CCCS2)c1. The maximum atomic E-state index is 12.3. The number of benzene rings is 1. The van der Waals surface area contributed by atoms with E-state index in [2.05, 4.69) is 39.0 Å². The van der Waals surface area contributed by atoms with Crippen molar-refractivity contribution < 1.29 is 4.79 Å². The van der Waals surface area contributed by atoms with E-state index in [1.165, 1.54) is 23.1 Å². The molecule has 0 N–H and O–H groups in total. The fraction of sp³-hybridized carbons (Fsp3) is 0.533. The molecule has 92 valence electrons. The molecule has 1 aromatic rings. The zero-order chi connectivity index (χ0) is 12.5. The third kappa shape index (κ3) is 2.92. The summed E-state index contributed by atoms with van der Waals surface area (Å²) in [6, 6.07) is 6.42. The van der Waals surface area contributed by atoms with Crippen molar-refractivity contribution in [1.82, 2.24) is 0 Å². The Kier molecular flexibility index (Phi) is 3.62. The number of rotatable bonds is 3. The maximum absolute atomic E-state index is 12.3. The molecule has 1 nitrogen and oxygen atoms in total. The van der Waals surface area contributed by atoms with Gasteiger partial charge >= 0.3 is 0 Å². The number of thioether (sulfide) groups is 1. The summed E-state index contributed by atoms with van der Waals surface area (Å²) in [5.41, 5.74) is 3.66. The van der Waals surface area contributed by atoms with Crippen LogP contribution >= 0.6 is 11.8 Å². The van der Waals surface area contributed by atoms with Gasteiger partial charge in [0.05, 0.1) is 4.75 Å². The van der Waals surface area contributed by atoms with Gasteiger partial charge in [0.2, 0.25) is 0 Å². The molecule has 1 heterocycles. The van der Waals surface area contributed by atoms with Gasteiger partial charge in [-0.25, -0.2) is 0 Å². The number of Topliss-reactive ketones (excluding diaryl/α,β-unsaturated/α-hetero) is 1. The molecule has 0 aromatic heterocycles. The average molecular weight is 248 g/mol. The van der Waals surface area contributed by atoms with Crippen LogP contribution in [-0.2, 0) is 11.2 Å². The summed E-state index contributed by atoms with van der Waals surface area (Å²) in [5.74, 6) is 1.53. The van der Waals surface area contributed by atoms with E-state index in [-0.39, 0.29) is 4.75 Å². The van der Waals surface area contributed by atoms with E-state index in [4.69, 9.17) is 0 Å². The lowest BCUT2D eigenvalue weighted by Gasteiger charge is -2.21. The number of carbonyl (C=O) groups excluding carboxylic acids is 1. The highest BCUT2D eigenvalue weighted by molar-refractivity contribution is 8.01. The molecule has 1 aliphatic rings. The van der Waals surface area contributed by atoms with Gasteiger partial charge in [-0.1, -0.05) is 29.3 Å². The van der Waals surface area contributed by atoms with Gasteiger partial charge < -0.3 is 0 Å². The number of hydrogen-bond acceptors (Lipinski definition) is 2. The molecule has 17 heavy (non-hydrogen) atoms. The predicted molar refractivity (Wildman–Crippen MR) is 74.7 cm³/mol. The van der Waals surface area contributed by atoms with Crippen LogP contribution in [0.4, 0.5) is 0 Å². The standard InChI is InChI=1S/C15H20OS/c1-11-7-12(2)9-13(8-11)10-14(16)15(3)5-4-6-17-15/h7-9H,4-6,10H2,1-3H3. The fourth-order valence-corrected chi connectivity index (χ4v) is 3.80. The first-order valence-electron chi connectivity index (χ1n) is 6.24. The molecule has 1 unspecified atom stereocenters. The Bertz CT molecular complexity index is 410. The smallest absolute Gasteiger partial charge is 0.152 e. The summed E-state index contributed by atoms with van der Waals surface area (Å²) >= 11 is 1.83.